The number of aromatic nitrogens is 4. The van der Waals surface area contributed by atoms with E-state index in [1.54, 1.807) is 28.2 Å². The number of hydrogen-bond donors (Lipinski definition) is 0. The topological polar surface area (TPSA) is 73.0 Å². The Balaban J connectivity index is 1.28. The maximum absolute atomic E-state index is 12.9. The van der Waals surface area contributed by atoms with E-state index in [2.05, 4.69) is 10.2 Å². The van der Waals surface area contributed by atoms with Crippen molar-refractivity contribution >= 4 is 28.1 Å². The van der Waals surface area contributed by atoms with Gasteiger partial charge >= 0.3 is 0 Å². The number of likely N-dealkylation sites (tertiary alicyclic amines) is 1. The van der Waals surface area contributed by atoms with Gasteiger partial charge in [-0.2, -0.15) is 10.2 Å². The molecule has 0 radical (unpaired) electrons. The maximum Gasteiger partial charge on any atom is 0.267 e. The number of rotatable bonds is 5. The third kappa shape index (κ3) is 4.03. The molecule has 1 aromatic carbocycles. The van der Waals surface area contributed by atoms with Gasteiger partial charge in [-0.15, -0.1) is 11.3 Å². The summed E-state index contributed by atoms with van der Waals surface area (Å²) in [5.74, 6) is 0.0896. The van der Waals surface area contributed by atoms with Gasteiger partial charge in [0.15, 0.2) is 0 Å². The Morgan fingerprint density at radius 3 is 2.90 bits per heavy atom. The van der Waals surface area contributed by atoms with Crippen LogP contribution in [0.15, 0.2) is 64.9 Å². The van der Waals surface area contributed by atoms with E-state index in [-0.39, 0.29) is 17.5 Å². The first kappa shape index (κ1) is 19.7. The number of benzene rings is 1. The van der Waals surface area contributed by atoms with Crippen LogP contribution in [0.3, 0.4) is 0 Å². The summed E-state index contributed by atoms with van der Waals surface area (Å²) < 4.78 is 3.45. The molecule has 1 amide bonds. The summed E-state index contributed by atoms with van der Waals surface area (Å²) in [6.07, 6.45) is 3.91. The molecule has 0 saturated carbocycles. The Morgan fingerprint density at radius 2 is 2.03 bits per heavy atom. The lowest BCUT2D eigenvalue weighted by Gasteiger charge is -2.33. The van der Waals surface area contributed by atoms with Crippen molar-refractivity contribution in [3.63, 3.8) is 0 Å². The lowest BCUT2D eigenvalue weighted by atomic mass is 10.1. The zero-order valence-corrected chi connectivity index (χ0v) is 17.9. The number of aryl methyl sites for hydroxylation is 1. The van der Waals surface area contributed by atoms with Gasteiger partial charge in [0.05, 0.1) is 29.2 Å². The van der Waals surface area contributed by atoms with Crippen LogP contribution in [0, 0.1) is 0 Å². The second-order valence-corrected chi connectivity index (χ2v) is 8.74. The van der Waals surface area contributed by atoms with Crippen molar-refractivity contribution in [1.29, 1.82) is 0 Å². The van der Waals surface area contributed by atoms with Gasteiger partial charge in [0, 0.05) is 31.0 Å². The van der Waals surface area contributed by atoms with Gasteiger partial charge in [-0.1, -0.05) is 24.3 Å². The number of carbonyl (C=O) groups excluding carboxylic acids is 1. The fourth-order valence-corrected chi connectivity index (χ4v) is 4.88. The Kier molecular flexibility index (Phi) is 5.38. The molecule has 0 bridgehead atoms. The van der Waals surface area contributed by atoms with Crippen LogP contribution in [0.2, 0.25) is 0 Å². The highest BCUT2D eigenvalue weighted by molar-refractivity contribution is 7.13. The zero-order valence-electron chi connectivity index (χ0n) is 17.1. The highest BCUT2D eigenvalue weighted by Crippen LogP contribution is 2.24. The Morgan fingerprint density at radius 1 is 1.13 bits per heavy atom. The number of nitrogens with zero attached hydrogens (tertiary/aromatic N) is 5. The summed E-state index contributed by atoms with van der Waals surface area (Å²) >= 11 is 1.60. The molecule has 1 aliphatic rings. The number of fused-ring (bicyclic) bond motifs is 1. The highest BCUT2D eigenvalue weighted by Gasteiger charge is 2.26. The predicted octanol–water partition coefficient (Wildman–Crippen LogP) is 3.58. The smallest absolute Gasteiger partial charge is 0.267 e. The van der Waals surface area contributed by atoms with E-state index in [1.165, 1.54) is 0 Å². The minimum Gasteiger partial charge on any atom is -0.340 e. The molecule has 1 atom stereocenters. The van der Waals surface area contributed by atoms with Gasteiger partial charge in [0.1, 0.15) is 5.69 Å². The lowest BCUT2D eigenvalue weighted by Crippen LogP contribution is -2.43. The summed E-state index contributed by atoms with van der Waals surface area (Å²) in [6.45, 7) is 1.77. The molecule has 7 nitrogen and oxygen atoms in total. The molecule has 3 aromatic heterocycles. The number of para-hydroxylation sites is 1. The van der Waals surface area contributed by atoms with Gasteiger partial charge in [0.25, 0.3) is 5.56 Å². The molecule has 0 unspecified atom stereocenters. The number of piperidine rings is 1. The van der Waals surface area contributed by atoms with Crippen molar-refractivity contribution in [3.05, 3.63) is 70.5 Å². The summed E-state index contributed by atoms with van der Waals surface area (Å²) in [5, 5.41) is 12.1. The predicted molar refractivity (Wildman–Crippen MR) is 121 cm³/mol. The van der Waals surface area contributed by atoms with Crippen LogP contribution < -0.4 is 5.56 Å². The Hall–Kier alpha value is -3.26. The minimum absolute atomic E-state index is 0.0896. The van der Waals surface area contributed by atoms with E-state index in [4.69, 9.17) is 0 Å². The Bertz CT molecular complexity index is 1260. The molecule has 0 spiro atoms. The van der Waals surface area contributed by atoms with Gasteiger partial charge in [-0.05, 0) is 36.4 Å². The van der Waals surface area contributed by atoms with E-state index in [9.17, 15) is 9.59 Å². The first-order valence-corrected chi connectivity index (χ1v) is 11.4. The third-order valence-corrected chi connectivity index (χ3v) is 6.67. The molecule has 158 valence electrons. The summed E-state index contributed by atoms with van der Waals surface area (Å²) in [4.78, 5) is 28.3. The second kappa shape index (κ2) is 8.47. The molecule has 1 aliphatic heterocycles. The average molecular weight is 434 g/mol. The van der Waals surface area contributed by atoms with Crippen LogP contribution in [-0.2, 0) is 11.3 Å². The lowest BCUT2D eigenvalue weighted by molar-refractivity contribution is -0.133. The summed E-state index contributed by atoms with van der Waals surface area (Å²) in [5.41, 5.74) is 1.71. The molecule has 8 heteroatoms. The van der Waals surface area contributed by atoms with Crippen molar-refractivity contribution in [2.75, 3.05) is 13.1 Å². The van der Waals surface area contributed by atoms with E-state index < -0.39 is 0 Å². The fourth-order valence-electron chi connectivity index (χ4n) is 4.19. The standard InChI is InChI=1S/C23H23N5O2S/c29-22(11-13-27-20-7-2-1-5-17(20)15-24-27)26-12-3-6-18(16-26)28-23(30)10-9-19(25-28)21-8-4-14-31-21/h1-2,4-5,7-10,14-15,18H,3,6,11-13,16H2/t18-/m0/s1. The molecule has 4 aromatic rings. The molecular weight excluding hydrogens is 410 g/mol. The number of thiophene rings is 1. The van der Waals surface area contributed by atoms with Gasteiger partial charge < -0.3 is 4.90 Å². The van der Waals surface area contributed by atoms with Crippen molar-refractivity contribution < 1.29 is 4.79 Å². The van der Waals surface area contributed by atoms with Crippen LogP contribution in [0.4, 0.5) is 0 Å². The molecule has 0 N–H and O–H groups in total. The fraction of sp³-hybridized carbons (Fsp3) is 0.304. The monoisotopic (exact) mass is 433 g/mol. The molecule has 4 heterocycles. The van der Waals surface area contributed by atoms with Crippen LogP contribution in [-0.4, -0.2) is 43.5 Å². The quantitative estimate of drug-likeness (QED) is 0.482. The largest absolute Gasteiger partial charge is 0.340 e. The highest BCUT2D eigenvalue weighted by atomic mass is 32.1. The van der Waals surface area contributed by atoms with E-state index in [0.717, 1.165) is 34.3 Å². The van der Waals surface area contributed by atoms with Crippen molar-refractivity contribution in [2.24, 2.45) is 0 Å². The van der Waals surface area contributed by atoms with E-state index >= 15 is 0 Å². The third-order valence-electron chi connectivity index (χ3n) is 5.78. The minimum atomic E-state index is -0.123. The molecule has 0 aliphatic carbocycles. The first-order valence-electron chi connectivity index (χ1n) is 10.5. The van der Waals surface area contributed by atoms with Crippen LogP contribution >= 0.6 is 11.3 Å². The van der Waals surface area contributed by atoms with Gasteiger partial charge in [-0.25, -0.2) is 4.68 Å². The van der Waals surface area contributed by atoms with E-state index in [1.807, 2.05) is 57.6 Å². The zero-order chi connectivity index (χ0) is 21.2. The molecule has 1 saturated heterocycles. The summed E-state index contributed by atoms with van der Waals surface area (Å²) in [6, 6.07) is 15.2. The maximum atomic E-state index is 12.9. The number of hydrogen-bond acceptors (Lipinski definition) is 5. The average Bonchev–Trinajstić information content (AvgIpc) is 3.48. The first-order chi connectivity index (χ1) is 15.2. The van der Waals surface area contributed by atoms with Gasteiger partial charge in [-0.3, -0.25) is 14.3 Å². The molecular formula is C23H23N5O2S. The number of carbonyl (C=O) groups is 1. The van der Waals surface area contributed by atoms with Crippen molar-refractivity contribution in [2.45, 2.75) is 31.8 Å². The van der Waals surface area contributed by atoms with Crippen LogP contribution in [0.25, 0.3) is 21.5 Å². The molecule has 1 fully saturated rings. The van der Waals surface area contributed by atoms with E-state index in [0.29, 0.717) is 26.1 Å². The SMILES string of the molecule is O=C(CCn1ncc2ccccc21)N1CCC[C@H](n2nc(-c3cccs3)ccc2=O)C1. The molecule has 5 rings (SSSR count). The molecule has 31 heavy (non-hydrogen) atoms. The van der Waals surface area contributed by atoms with Gasteiger partial charge in [0.2, 0.25) is 5.91 Å². The van der Waals surface area contributed by atoms with Crippen LogP contribution in [0.1, 0.15) is 25.3 Å². The van der Waals surface area contributed by atoms with Crippen molar-refractivity contribution in [3.8, 4) is 10.6 Å². The van der Waals surface area contributed by atoms with Crippen LogP contribution in [0.5, 0.6) is 0 Å². The summed E-state index contributed by atoms with van der Waals surface area (Å²) in [7, 11) is 0. The second-order valence-electron chi connectivity index (χ2n) is 7.79. The Labute approximate surface area is 183 Å². The van der Waals surface area contributed by atoms with Crippen molar-refractivity contribution in [1.82, 2.24) is 24.5 Å². The number of amides is 1. The normalized spacial score (nSPS) is 16.6.